The molecule has 1 aliphatic carbocycles. The van der Waals surface area contributed by atoms with E-state index in [1.54, 1.807) is 0 Å². The van der Waals surface area contributed by atoms with Gasteiger partial charge in [0.15, 0.2) is 0 Å². The zero-order valence-electron chi connectivity index (χ0n) is 40.0. The molecule has 73 heavy (non-hydrogen) atoms. The topological polar surface area (TPSA) is 16.4 Å². The van der Waals surface area contributed by atoms with Gasteiger partial charge in [0, 0.05) is 27.7 Å². The first-order chi connectivity index (χ1) is 36.2. The summed E-state index contributed by atoms with van der Waals surface area (Å²) in [5.41, 5.74) is 21.4. The first kappa shape index (κ1) is 42.4. The fraction of sp³-hybridized carbons (Fsp3) is 0.0141. The van der Waals surface area contributed by atoms with Crippen molar-refractivity contribution < 1.29 is 4.42 Å². The maximum Gasteiger partial charge on any atom is 0.136 e. The monoisotopic (exact) mass is 929 g/mol. The smallest absolute Gasteiger partial charge is 0.136 e. The lowest BCUT2D eigenvalue weighted by molar-refractivity contribution is 0.669. The number of anilines is 3. The van der Waals surface area contributed by atoms with E-state index < -0.39 is 5.41 Å². The van der Waals surface area contributed by atoms with Crippen LogP contribution in [-0.4, -0.2) is 0 Å². The van der Waals surface area contributed by atoms with Gasteiger partial charge in [-0.2, -0.15) is 0 Å². The highest BCUT2D eigenvalue weighted by atomic mass is 16.3. The first-order valence-corrected chi connectivity index (χ1v) is 25.2. The number of rotatable bonds is 9. The third kappa shape index (κ3) is 6.94. The van der Waals surface area contributed by atoms with Crippen molar-refractivity contribution in [2.75, 3.05) is 4.90 Å². The number of hydrogen-bond acceptors (Lipinski definition) is 2. The molecule has 0 radical (unpaired) electrons. The molecule has 0 unspecified atom stereocenters. The largest absolute Gasteiger partial charge is 0.456 e. The minimum atomic E-state index is -0.496. The Morgan fingerprint density at radius 2 is 0.849 bits per heavy atom. The van der Waals surface area contributed by atoms with Crippen LogP contribution in [0.15, 0.2) is 290 Å². The predicted molar refractivity (Wildman–Crippen MR) is 305 cm³/mol. The van der Waals surface area contributed by atoms with Crippen LogP contribution in [0.4, 0.5) is 17.1 Å². The average Bonchev–Trinajstić information content (AvgIpc) is 4.03. The lowest BCUT2D eigenvalue weighted by Crippen LogP contribution is -2.28. The van der Waals surface area contributed by atoms with Crippen molar-refractivity contribution in [2.45, 2.75) is 5.41 Å². The van der Waals surface area contributed by atoms with Crippen molar-refractivity contribution in [3.8, 4) is 55.6 Å². The van der Waals surface area contributed by atoms with Gasteiger partial charge in [-0.25, -0.2) is 0 Å². The molecule has 0 N–H and O–H groups in total. The summed E-state index contributed by atoms with van der Waals surface area (Å²) < 4.78 is 6.47. The van der Waals surface area contributed by atoms with Crippen molar-refractivity contribution in [3.63, 3.8) is 0 Å². The van der Waals surface area contributed by atoms with E-state index >= 15 is 0 Å². The molecular formula is C71H47NO. The zero-order chi connectivity index (χ0) is 48.3. The van der Waals surface area contributed by atoms with E-state index in [1.165, 1.54) is 66.4 Å². The fourth-order valence-corrected chi connectivity index (χ4v) is 11.9. The molecule has 12 aromatic carbocycles. The van der Waals surface area contributed by atoms with E-state index in [9.17, 15) is 0 Å². The van der Waals surface area contributed by atoms with Crippen LogP contribution in [-0.2, 0) is 5.41 Å². The Morgan fingerprint density at radius 1 is 0.301 bits per heavy atom. The summed E-state index contributed by atoms with van der Waals surface area (Å²) in [7, 11) is 0. The number of nitrogens with zero attached hydrogens (tertiary/aromatic N) is 1. The molecule has 342 valence electrons. The standard InChI is InChI=1S/C71H47NO/c1-3-21-55(22-4-1)71(56-23-5-2-6-24-56)64-31-12-9-27-62(64)69-59(29-16-32-65(69)71)54-20-15-25-58(47-54)72(66-33-13-10-26-60(66)61-30-17-35-68-70(61)63-28-11-14-34-67(63)73-68)57-44-42-50(43-45-57)49-36-38-51(39-37-49)53-41-40-48-18-7-8-19-52(48)46-53/h1-47H. The third-order valence-corrected chi connectivity index (χ3v) is 15.2. The fourth-order valence-electron chi connectivity index (χ4n) is 11.9. The molecule has 1 heterocycles. The van der Waals surface area contributed by atoms with Crippen LogP contribution in [0.5, 0.6) is 0 Å². The molecule has 0 atom stereocenters. The highest BCUT2D eigenvalue weighted by Gasteiger charge is 2.46. The number of fused-ring (bicyclic) bond motifs is 7. The Kier molecular flexibility index (Phi) is 10.1. The first-order valence-electron chi connectivity index (χ1n) is 25.2. The second-order valence-electron chi connectivity index (χ2n) is 19.1. The predicted octanol–water partition coefficient (Wildman–Crippen LogP) is 19.2. The summed E-state index contributed by atoms with van der Waals surface area (Å²) in [6, 6.07) is 104. The molecule has 0 fully saturated rings. The summed E-state index contributed by atoms with van der Waals surface area (Å²) in [6.07, 6.45) is 0. The molecule has 2 nitrogen and oxygen atoms in total. The summed E-state index contributed by atoms with van der Waals surface area (Å²) in [5, 5.41) is 4.71. The SMILES string of the molecule is c1ccc(C2(c3ccccc3)c3ccccc3-c3c(-c4cccc(N(c5ccc(-c6ccc(-c7ccc8ccccc8c7)cc6)cc5)c5ccccc5-c5cccc6oc7ccccc7c56)c4)cccc32)cc1. The van der Waals surface area contributed by atoms with Gasteiger partial charge in [0.05, 0.1) is 11.1 Å². The molecule has 1 aliphatic rings. The summed E-state index contributed by atoms with van der Waals surface area (Å²) in [6.45, 7) is 0. The van der Waals surface area contributed by atoms with Crippen molar-refractivity contribution in [1.29, 1.82) is 0 Å². The van der Waals surface area contributed by atoms with Gasteiger partial charge in [0.1, 0.15) is 11.2 Å². The van der Waals surface area contributed by atoms with Crippen molar-refractivity contribution in [3.05, 3.63) is 307 Å². The molecule has 0 saturated heterocycles. The normalized spacial score (nSPS) is 12.5. The number of hydrogen-bond donors (Lipinski definition) is 0. The van der Waals surface area contributed by atoms with Crippen molar-refractivity contribution in [1.82, 2.24) is 0 Å². The van der Waals surface area contributed by atoms with Gasteiger partial charge < -0.3 is 9.32 Å². The molecule has 14 rings (SSSR count). The number of furan rings is 1. The maximum atomic E-state index is 6.47. The highest BCUT2D eigenvalue weighted by molar-refractivity contribution is 6.14. The molecule has 0 spiro atoms. The quantitative estimate of drug-likeness (QED) is 0.143. The molecule has 13 aromatic rings. The Hall–Kier alpha value is -9.50. The molecular weight excluding hydrogens is 883 g/mol. The Labute approximate surface area is 425 Å². The van der Waals surface area contributed by atoms with Gasteiger partial charge in [0.2, 0.25) is 0 Å². The average molecular weight is 930 g/mol. The minimum absolute atomic E-state index is 0.496. The van der Waals surface area contributed by atoms with E-state index in [1.807, 2.05) is 6.07 Å². The maximum absolute atomic E-state index is 6.47. The minimum Gasteiger partial charge on any atom is -0.456 e. The Balaban J connectivity index is 0.927. The van der Waals surface area contributed by atoms with Crippen LogP contribution in [0.1, 0.15) is 22.3 Å². The van der Waals surface area contributed by atoms with Crippen LogP contribution in [0.2, 0.25) is 0 Å². The lowest BCUT2D eigenvalue weighted by atomic mass is 9.67. The van der Waals surface area contributed by atoms with Gasteiger partial charge in [-0.3, -0.25) is 0 Å². The molecule has 0 saturated carbocycles. The van der Waals surface area contributed by atoms with Crippen molar-refractivity contribution >= 4 is 49.8 Å². The second kappa shape index (κ2) is 17.4. The van der Waals surface area contributed by atoms with Gasteiger partial charge in [0.25, 0.3) is 0 Å². The summed E-state index contributed by atoms with van der Waals surface area (Å²) in [4.78, 5) is 2.43. The molecule has 0 aliphatic heterocycles. The Morgan fingerprint density at radius 3 is 1.63 bits per heavy atom. The molecule has 1 aromatic heterocycles. The van der Waals surface area contributed by atoms with Gasteiger partial charge in [-0.1, -0.05) is 237 Å². The van der Waals surface area contributed by atoms with E-state index in [0.717, 1.165) is 61.3 Å². The van der Waals surface area contributed by atoms with E-state index in [0.29, 0.717) is 0 Å². The van der Waals surface area contributed by atoms with E-state index in [2.05, 4.69) is 284 Å². The second-order valence-corrected chi connectivity index (χ2v) is 19.1. The number of para-hydroxylation sites is 2. The number of benzene rings is 12. The van der Waals surface area contributed by atoms with Crippen molar-refractivity contribution in [2.24, 2.45) is 0 Å². The molecule has 2 heteroatoms. The van der Waals surface area contributed by atoms with Crippen LogP contribution in [0, 0.1) is 0 Å². The van der Waals surface area contributed by atoms with E-state index in [-0.39, 0.29) is 0 Å². The summed E-state index contributed by atoms with van der Waals surface area (Å²) in [5.74, 6) is 0. The third-order valence-electron chi connectivity index (χ3n) is 15.2. The van der Waals surface area contributed by atoms with Crippen LogP contribution in [0.3, 0.4) is 0 Å². The van der Waals surface area contributed by atoms with E-state index in [4.69, 9.17) is 4.42 Å². The van der Waals surface area contributed by atoms with Gasteiger partial charge >= 0.3 is 0 Å². The highest BCUT2D eigenvalue weighted by Crippen LogP contribution is 2.58. The van der Waals surface area contributed by atoms with Crippen LogP contribution < -0.4 is 4.90 Å². The zero-order valence-corrected chi connectivity index (χ0v) is 40.0. The van der Waals surface area contributed by atoms with Crippen LogP contribution in [0.25, 0.3) is 88.3 Å². The molecule has 0 amide bonds. The Bertz CT molecular complexity index is 4150. The molecule has 0 bridgehead atoms. The van der Waals surface area contributed by atoms with Gasteiger partial charge in [-0.05, 0) is 132 Å². The lowest BCUT2D eigenvalue weighted by Gasteiger charge is -2.34. The summed E-state index contributed by atoms with van der Waals surface area (Å²) >= 11 is 0. The van der Waals surface area contributed by atoms with Crippen LogP contribution >= 0.6 is 0 Å². The van der Waals surface area contributed by atoms with Gasteiger partial charge in [-0.15, -0.1) is 0 Å².